The largest absolute Gasteiger partial charge is 0.295 e. The zero-order chi connectivity index (χ0) is 16.9. The molecule has 2 aromatic rings. The van der Waals surface area contributed by atoms with E-state index in [1.54, 1.807) is 6.08 Å². The molecule has 3 nitrogen and oxygen atoms in total. The highest BCUT2D eigenvalue weighted by Gasteiger charge is 2.07. The van der Waals surface area contributed by atoms with Gasteiger partial charge in [0.1, 0.15) is 0 Å². The second-order valence-electron chi connectivity index (χ2n) is 6.07. The monoisotopic (exact) mass is 322 g/mol. The van der Waals surface area contributed by atoms with Crippen LogP contribution in [0.2, 0.25) is 0 Å². The van der Waals surface area contributed by atoms with E-state index in [1.165, 1.54) is 24.0 Å². The summed E-state index contributed by atoms with van der Waals surface area (Å²) in [6, 6.07) is 21.3. The van der Waals surface area contributed by atoms with E-state index in [2.05, 4.69) is 70.6 Å². The maximum atomic E-state index is 10.0. The lowest BCUT2D eigenvalue weighted by molar-refractivity contribution is 0.250. The molecule has 0 bridgehead atoms. The van der Waals surface area contributed by atoms with E-state index < -0.39 is 0 Å². The Balaban J connectivity index is 1.82. The molecule has 0 amide bonds. The fourth-order valence-corrected chi connectivity index (χ4v) is 2.82. The molecule has 2 aromatic carbocycles. The highest BCUT2D eigenvalue weighted by atomic mass is 16.1. The van der Waals surface area contributed by atoms with Gasteiger partial charge >= 0.3 is 0 Å². The van der Waals surface area contributed by atoms with E-state index in [0.29, 0.717) is 6.54 Å². The van der Waals surface area contributed by atoms with Crippen LogP contribution in [0.15, 0.2) is 65.7 Å². The van der Waals surface area contributed by atoms with Crippen molar-refractivity contribution in [1.82, 2.24) is 4.90 Å². The van der Waals surface area contributed by atoms with Crippen molar-refractivity contribution in [1.29, 1.82) is 0 Å². The minimum atomic E-state index is 0.612. The average Bonchev–Trinajstić information content (AvgIpc) is 2.62. The predicted molar refractivity (Wildman–Crippen MR) is 98.5 cm³/mol. The van der Waals surface area contributed by atoms with Crippen LogP contribution in [0, 0.1) is 0 Å². The first-order valence-electron chi connectivity index (χ1n) is 8.72. The van der Waals surface area contributed by atoms with Crippen LogP contribution in [0.3, 0.4) is 0 Å². The highest BCUT2D eigenvalue weighted by molar-refractivity contribution is 5.32. The van der Waals surface area contributed by atoms with E-state index in [0.717, 1.165) is 32.5 Å². The molecule has 0 N–H and O–H groups in total. The lowest BCUT2D eigenvalue weighted by atomic mass is 10.1. The van der Waals surface area contributed by atoms with Crippen molar-refractivity contribution >= 4 is 6.08 Å². The third-order valence-corrected chi connectivity index (χ3v) is 4.06. The summed E-state index contributed by atoms with van der Waals surface area (Å²) in [5.41, 5.74) is 2.71. The van der Waals surface area contributed by atoms with Crippen LogP contribution >= 0.6 is 0 Å². The van der Waals surface area contributed by atoms with Gasteiger partial charge in [-0.25, -0.2) is 9.79 Å². The molecule has 3 heteroatoms. The van der Waals surface area contributed by atoms with E-state index in [1.807, 2.05) is 0 Å². The van der Waals surface area contributed by atoms with Gasteiger partial charge < -0.3 is 0 Å². The Kier molecular flexibility index (Phi) is 8.56. The summed E-state index contributed by atoms with van der Waals surface area (Å²) in [7, 11) is 0. The van der Waals surface area contributed by atoms with Crippen molar-refractivity contribution in [2.75, 3.05) is 13.1 Å². The highest BCUT2D eigenvalue weighted by Crippen LogP contribution is 2.12. The first-order valence-corrected chi connectivity index (χ1v) is 8.72. The first kappa shape index (κ1) is 18.1. The Morgan fingerprint density at radius 2 is 1.29 bits per heavy atom. The van der Waals surface area contributed by atoms with Crippen molar-refractivity contribution in [3.8, 4) is 0 Å². The van der Waals surface area contributed by atoms with Crippen LogP contribution < -0.4 is 0 Å². The number of aliphatic imine (C=N–C) groups is 1. The van der Waals surface area contributed by atoms with Crippen molar-refractivity contribution < 1.29 is 4.79 Å². The van der Waals surface area contributed by atoms with E-state index in [9.17, 15) is 4.79 Å². The second-order valence-corrected chi connectivity index (χ2v) is 6.07. The van der Waals surface area contributed by atoms with Crippen LogP contribution in [0.4, 0.5) is 0 Å². The topological polar surface area (TPSA) is 32.7 Å². The molecule has 0 aliphatic heterocycles. The van der Waals surface area contributed by atoms with Crippen molar-refractivity contribution in [3.63, 3.8) is 0 Å². The molecular weight excluding hydrogens is 296 g/mol. The van der Waals surface area contributed by atoms with Crippen LogP contribution in [0.25, 0.3) is 0 Å². The fourth-order valence-electron chi connectivity index (χ4n) is 2.82. The Bertz CT molecular complexity index is 565. The number of hydrogen-bond donors (Lipinski definition) is 0. The Morgan fingerprint density at radius 3 is 1.83 bits per heavy atom. The number of carbonyl (C=O) groups excluding carboxylic acids is 1. The summed E-state index contributed by atoms with van der Waals surface area (Å²) in [4.78, 5) is 16.1. The lowest BCUT2D eigenvalue weighted by Crippen LogP contribution is -2.24. The van der Waals surface area contributed by atoms with Gasteiger partial charge in [-0.15, -0.1) is 0 Å². The van der Waals surface area contributed by atoms with Crippen LogP contribution in [-0.2, 0) is 17.9 Å². The van der Waals surface area contributed by atoms with Crippen molar-refractivity contribution in [3.05, 3.63) is 71.8 Å². The molecule has 0 heterocycles. The lowest BCUT2D eigenvalue weighted by Gasteiger charge is -2.22. The van der Waals surface area contributed by atoms with E-state index >= 15 is 0 Å². The molecule has 0 aromatic heterocycles. The zero-order valence-electron chi connectivity index (χ0n) is 14.2. The summed E-state index contributed by atoms with van der Waals surface area (Å²) in [6.07, 6.45) is 6.04. The molecule has 0 saturated heterocycles. The minimum Gasteiger partial charge on any atom is -0.295 e. The number of hydrogen-bond acceptors (Lipinski definition) is 3. The normalized spacial score (nSPS) is 10.5. The van der Waals surface area contributed by atoms with Gasteiger partial charge in [0, 0.05) is 13.1 Å². The first-order chi connectivity index (χ1) is 11.9. The van der Waals surface area contributed by atoms with Gasteiger partial charge in [-0.1, -0.05) is 73.5 Å². The molecule has 126 valence electrons. The molecule has 0 atom stereocenters. The Hall–Kier alpha value is -2.22. The molecule has 0 radical (unpaired) electrons. The smallest absolute Gasteiger partial charge is 0.234 e. The molecular formula is C21H26N2O. The summed E-state index contributed by atoms with van der Waals surface area (Å²) in [5.74, 6) is 0. The van der Waals surface area contributed by atoms with Gasteiger partial charge in [-0.3, -0.25) is 4.90 Å². The van der Waals surface area contributed by atoms with Crippen LogP contribution in [0.5, 0.6) is 0 Å². The number of benzene rings is 2. The van der Waals surface area contributed by atoms with Gasteiger partial charge in [0.15, 0.2) is 0 Å². The van der Waals surface area contributed by atoms with E-state index in [-0.39, 0.29) is 0 Å². The van der Waals surface area contributed by atoms with Crippen molar-refractivity contribution in [2.24, 2.45) is 4.99 Å². The SMILES string of the molecule is O=C=NCCCCCCN(Cc1ccccc1)Cc1ccccc1. The zero-order valence-corrected chi connectivity index (χ0v) is 14.2. The summed E-state index contributed by atoms with van der Waals surface area (Å²) < 4.78 is 0. The Morgan fingerprint density at radius 1 is 0.750 bits per heavy atom. The van der Waals surface area contributed by atoms with Gasteiger partial charge in [0.25, 0.3) is 0 Å². The Labute approximate surface area is 145 Å². The molecule has 2 rings (SSSR count). The minimum absolute atomic E-state index is 0.612. The summed E-state index contributed by atoms with van der Waals surface area (Å²) in [6.45, 7) is 3.65. The van der Waals surface area contributed by atoms with Crippen LogP contribution in [-0.4, -0.2) is 24.1 Å². The summed E-state index contributed by atoms with van der Waals surface area (Å²) >= 11 is 0. The summed E-state index contributed by atoms with van der Waals surface area (Å²) in [5, 5.41) is 0. The number of unbranched alkanes of at least 4 members (excludes halogenated alkanes) is 3. The molecule has 0 saturated carbocycles. The maximum absolute atomic E-state index is 10.0. The predicted octanol–water partition coefficient (Wildman–Crippen LogP) is 4.59. The average molecular weight is 322 g/mol. The van der Waals surface area contributed by atoms with Gasteiger partial charge in [-0.2, -0.15) is 0 Å². The number of isocyanates is 1. The van der Waals surface area contributed by atoms with Crippen LogP contribution in [0.1, 0.15) is 36.8 Å². The maximum Gasteiger partial charge on any atom is 0.234 e. The van der Waals surface area contributed by atoms with E-state index in [4.69, 9.17) is 0 Å². The molecule has 0 aliphatic rings. The molecule has 24 heavy (non-hydrogen) atoms. The molecule has 0 fully saturated rings. The van der Waals surface area contributed by atoms with Gasteiger partial charge in [0.2, 0.25) is 6.08 Å². The second kappa shape index (κ2) is 11.3. The third kappa shape index (κ3) is 7.36. The molecule has 0 unspecified atom stereocenters. The standard InChI is InChI=1S/C21H26N2O/c24-19-22-15-9-1-2-10-16-23(17-20-11-5-3-6-12-20)18-21-13-7-4-8-14-21/h3-8,11-14H,1-2,9-10,15-18H2. The van der Waals surface area contributed by atoms with Gasteiger partial charge in [0.05, 0.1) is 6.54 Å². The number of nitrogens with zero attached hydrogens (tertiary/aromatic N) is 2. The quantitative estimate of drug-likeness (QED) is 0.344. The van der Waals surface area contributed by atoms with Crippen molar-refractivity contribution in [2.45, 2.75) is 38.8 Å². The third-order valence-electron chi connectivity index (χ3n) is 4.06. The molecule has 0 aliphatic carbocycles. The molecule has 0 spiro atoms. The fraction of sp³-hybridized carbons (Fsp3) is 0.381. The number of rotatable bonds is 11. The van der Waals surface area contributed by atoms with Gasteiger partial charge in [-0.05, 0) is 30.5 Å².